The van der Waals surface area contributed by atoms with Gasteiger partial charge in [-0.3, -0.25) is 0 Å². The van der Waals surface area contributed by atoms with Crippen LogP contribution in [0.25, 0.3) is 11.1 Å². The lowest BCUT2D eigenvalue weighted by Gasteiger charge is -2.40. The van der Waals surface area contributed by atoms with Crippen LogP contribution in [0.4, 0.5) is 14.9 Å². The average molecular weight is 551 g/mol. The van der Waals surface area contributed by atoms with Gasteiger partial charge < -0.3 is 28.7 Å². The molecule has 4 rings (SSSR count). The van der Waals surface area contributed by atoms with Crippen LogP contribution in [0.1, 0.15) is 39.2 Å². The highest BCUT2D eigenvalue weighted by Gasteiger charge is 2.30. The van der Waals surface area contributed by atoms with Crippen LogP contribution in [0.5, 0.6) is 17.2 Å². The van der Waals surface area contributed by atoms with E-state index in [0.717, 1.165) is 35.2 Å². The molecule has 0 bridgehead atoms. The molecule has 8 heteroatoms. The van der Waals surface area contributed by atoms with Gasteiger partial charge in [0.25, 0.3) is 0 Å². The Labute approximate surface area is 236 Å². The Morgan fingerprint density at radius 3 is 2.08 bits per heavy atom. The molecule has 1 aliphatic rings. The summed E-state index contributed by atoms with van der Waals surface area (Å²) in [6.45, 7) is 7.45. The Morgan fingerprint density at radius 2 is 1.52 bits per heavy atom. The highest BCUT2D eigenvalue weighted by Crippen LogP contribution is 2.41. The van der Waals surface area contributed by atoms with Crippen molar-refractivity contribution in [2.75, 3.05) is 39.3 Å². The zero-order valence-corrected chi connectivity index (χ0v) is 24.2. The number of ether oxygens (including phenoxy) is 4. The van der Waals surface area contributed by atoms with E-state index in [0.29, 0.717) is 36.9 Å². The second-order valence-electron chi connectivity index (χ2n) is 10.9. The number of halogens is 1. The van der Waals surface area contributed by atoms with E-state index in [4.69, 9.17) is 18.9 Å². The maximum absolute atomic E-state index is 13.8. The molecule has 1 heterocycles. The lowest BCUT2D eigenvalue weighted by atomic mass is 9.99. The zero-order valence-electron chi connectivity index (χ0n) is 24.2. The van der Waals surface area contributed by atoms with Gasteiger partial charge in [0.15, 0.2) is 11.5 Å². The van der Waals surface area contributed by atoms with Crippen molar-refractivity contribution in [3.05, 3.63) is 72.0 Å². The molecule has 0 saturated carbocycles. The number of rotatable bonds is 8. The summed E-state index contributed by atoms with van der Waals surface area (Å²) >= 11 is 0. The van der Waals surface area contributed by atoms with Crippen molar-refractivity contribution in [1.29, 1.82) is 0 Å². The summed E-state index contributed by atoms with van der Waals surface area (Å²) in [5.41, 5.74) is 3.46. The van der Waals surface area contributed by atoms with Crippen LogP contribution in [0.3, 0.4) is 0 Å². The van der Waals surface area contributed by atoms with E-state index in [1.54, 1.807) is 26.2 Å². The molecule has 40 heavy (non-hydrogen) atoms. The van der Waals surface area contributed by atoms with Crippen molar-refractivity contribution in [1.82, 2.24) is 4.90 Å². The Hall–Kier alpha value is -3.94. The minimum Gasteiger partial charge on any atom is -0.493 e. The van der Waals surface area contributed by atoms with Gasteiger partial charge in [-0.25, -0.2) is 9.18 Å². The topological polar surface area (TPSA) is 60.5 Å². The third kappa shape index (κ3) is 6.97. The first-order valence-electron chi connectivity index (χ1n) is 13.5. The van der Waals surface area contributed by atoms with Gasteiger partial charge in [-0.15, -0.1) is 0 Å². The standard InChI is InChI=1S/C32H39FN2O5/c1-32(2,3)40-31(36)34-16-14-27(15-17-34)35(26-12-10-25(33)11-13-26)21-22-8-7-9-23(18-22)24-19-28(37-4)30(39-6)29(20-24)38-5/h7-13,18-20,27H,14-17,21H2,1-6H3. The van der Waals surface area contributed by atoms with Crippen LogP contribution < -0.4 is 19.1 Å². The molecule has 214 valence electrons. The number of piperidine rings is 1. The Kier molecular flexibility index (Phi) is 9.07. The summed E-state index contributed by atoms with van der Waals surface area (Å²) in [5, 5.41) is 0. The number of hydrogen-bond donors (Lipinski definition) is 0. The fourth-order valence-electron chi connectivity index (χ4n) is 5.04. The Balaban J connectivity index is 1.59. The third-order valence-corrected chi connectivity index (χ3v) is 6.99. The van der Waals surface area contributed by atoms with Crippen molar-refractivity contribution in [2.24, 2.45) is 0 Å². The molecule has 7 nitrogen and oxygen atoms in total. The summed E-state index contributed by atoms with van der Waals surface area (Å²) < 4.78 is 36.0. The largest absolute Gasteiger partial charge is 0.493 e. The fraction of sp³-hybridized carbons (Fsp3) is 0.406. The molecule has 1 amide bonds. The molecular weight excluding hydrogens is 511 g/mol. The Morgan fingerprint density at radius 1 is 0.900 bits per heavy atom. The SMILES string of the molecule is COc1cc(-c2cccc(CN(c3ccc(F)cc3)C3CCN(C(=O)OC(C)(C)C)CC3)c2)cc(OC)c1OC. The highest BCUT2D eigenvalue weighted by atomic mass is 19.1. The summed E-state index contributed by atoms with van der Waals surface area (Å²) in [6.07, 6.45) is 1.28. The van der Waals surface area contributed by atoms with E-state index in [2.05, 4.69) is 17.0 Å². The Bertz CT molecular complexity index is 1270. The van der Waals surface area contributed by atoms with Gasteiger partial charge in [0, 0.05) is 31.4 Å². The second kappa shape index (κ2) is 12.5. The van der Waals surface area contributed by atoms with Crippen LogP contribution in [0.2, 0.25) is 0 Å². The van der Waals surface area contributed by atoms with Crippen molar-refractivity contribution < 1.29 is 28.1 Å². The van der Waals surface area contributed by atoms with Crippen molar-refractivity contribution in [2.45, 2.75) is 51.8 Å². The summed E-state index contributed by atoms with van der Waals surface area (Å²) in [6, 6.07) is 19.0. The minimum absolute atomic E-state index is 0.175. The smallest absolute Gasteiger partial charge is 0.410 e. The first-order valence-corrected chi connectivity index (χ1v) is 13.5. The second-order valence-corrected chi connectivity index (χ2v) is 10.9. The van der Waals surface area contributed by atoms with E-state index in [9.17, 15) is 9.18 Å². The number of amides is 1. The van der Waals surface area contributed by atoms with Gasteiger partial charge in [0.05, 0.1) is 21.3 Å². The molecule has 1 fully saturated rings. The first-order chi connectivity index (χ1) is 19.1. The average Bonchev–Trinajstić information content (AvgIpc) is 2.95. The van der Waals surface area contributed by atoms with Gasteiger partial charge in [0.1, 0.15) is 11.4 Å². The van der Waals surface area contributed by atoms with Crippen LogP contribution in [0, 0.1) is 5.82 Å². The molecule has 0 unspecified atom stereocenters. The number of benzene rings is 3. The van der Waals surface area contributed by atoms with Gasteiger partial charge in [0.2, 0.25) is 5.75 Å². The van der Waals surface area contributed by atoms with Gasteiger partial charge in [-0.1, -0.05) is 18.2 Å². The first kappa shape index (κ1) is 29.1. The zero-order chi connectivity index (χ0) is 28.9. The number of hydrogen-bond acceptors (Lipinski definition) is 6. The van der Waals surface area contributed by atoms with E-state index < -0.39 is 5.60 Å². The van der Waals surface area contributed by atoms with Crippen molar-refractivity contribution in [3.63, 3.8) is 0 Å². The highest BCUT2D eigenvalue weighted by molar-refractivity contribution is 5.72. The van der Waals surface area contributed by atoms with Crippen LogP contribution in [-0.2, 0) is 11.3 Å². The van der Waals surface area contributed by atoms with Gasteiger partial charge >= 0.3 is 6.09 Å². The number of nitrogens with zero attached hydrogens (tertiary/aromatic N) is 2. The number of anilines is 1. The number of carbonyl (C=O) groups is 1. The summed E-state index contributed by atoms with van der Waals surface area (Å²) in [5.74, 6) is 1.46. The van der Waals surface area contributed by atoms with Gasteiger partial charge in [-0.05, 0) is 92.8 Å². The monoisotopic (exact) mass is 550 g/mol. The van der Waals surface area contributed by atoms with E-state index in [1.165, 1.54) is 12.1 Å². The molecule has 0 N–H and O–H groups in total. The van der Waals surface area contributed by atoms with Crippen LogP contribution in [0.15, 0.2) is 60.7 Å². The van der Waals surface area contributed by atoms with Crippen molar-refractivity contribution in [3.8, 4) is 28.4 Å². The normalized spacial score (nSPS) is 14.0. The third-order valence-electron chi connectivity index (χ3n) is 6.99. The maximum Gasteiger partial charge on any atom is 0.410 e. The maximum atomic E-state index is 13.8. The molecule has 0 atom stereocenters. The molecule has 0 aromatic heterocycles. The van der Waals surface area contributed by atoms with Crippen LogP contribution in [-0.4, -0.2) is 57.1 Å². The molecule has 0 aliphatic carbocycles. The van der Waals surface area contributed by atoms with E-state index in [-0.39, 0.29) is 18.0 Å². The minimum atomic E-state index is -0.531. The summed E-state index contributed by atoms with van der Waals surface area (Å²) in [7, 11) is 4.79. The molecule has 0 spiro atoms. The summed E-state index contributed by atoms with van der Waals surface area (Å²) in [4.78, 5) is 16.7. The molecule has 0 radical (unpaired) electrons. The fourth-order valence-corrected chi connectivity index (χ4v) is 5.04. The number of methoxy groups -OCH3 is 3. The number of carbonyl (C=O) groups excluding carboxylic acids is 1. The molecular formula is C32H39FN2O5. The van der Waals surface area contributed by atoms with Gasteiger partial charge in [-0.2, -0.15) is 0 Å². The molecule has 3 aromatic rings. The van der Waals surface area contributed by atoms with Crippen molar-refractivity contribution >= 4 is 11.8 Å². The predicted molar refractivity (Wildman–Crippen MR) is 155 cm³/mol. The predicted octanol–water partition coefficient (Wildman–Crippen LogP) is 6.92. The quantitative estimate of drug-likeness (QED) is 0.303. The lowest BCUT2D eigenvalue weighted by molar-refractivity contribution is 0.0204. The molecule has 1 saturated heterocycles. The van der Waals surface area contributed by atoms with E-state index in [1.807, 2.05) is 57.2 Å². The molecule has 1 aliphatic heterocycles. The van der Waals surface area contributed by atoms with E-state index >= 15 is 0 Å². The van der Waals surface area contributed by atoms with Crippen LogP contribution >= 0.6 is 0 Å². The molecule has 3 aromatic carbocycles. The lowest BCUT2D eigenvalue weighted by Crippen LogP contribution is -2.48. The number of likely N-dealkylation sites (tertiary alicyclic amines) is 1.